The van der Waals surface area contributed by atoms with Gasteiger partial charge in [-0.2, -0.15) is 0 Å². The van der Waals surface area contributed by atoms with E-state index >= 15 is 0 Å². The van der Waals surface area contributed by atoms with Crippen molar-refractivity contribution in [3.63, 3.8) is 0 Å². The van der Waals surface area contributed by atoms with Crippen LogP contribution in [0.2, 0.25) is 0 Å². The van der Waals surface area contributed by atoms with E-state index in [0.29, 0.717) is 13.0 Å². The molecule has 1 atom stereocenters. The number of hydrogen-bond acceptors (Lipinski definition) is 3. The Hall–Kier alpha value is -1.39. The second kappa shape index (κ2) is 7.04. The maximum absolute atomic E-state index is 11.7. The fourth-order valence-corrected chi connectivity index (χ4v) is 1.48. The normalized spacial score (nSPS) is 12.2. The molecule has 0 aliphatic rings. The third-order valence-corrected chi connectivity index (χ3v) is 2.63. The summed E-state index contributed by atoms with van der Waals surface area (Å²) < 4.78 is 5.04. The summed E-state index contributed by atoms with van der Waals surface area (Å²) >= 11 is 0. The molecule has 0 spiro atoms. The first-order chi connectivity index (χ1) is 8.19. The van der Waals surface area contributed by atoms with Crippen LogP contribution >= 0.6 is 0 Å². The van der Waals surface area contributed by atoms with Crippen molar-refractivity contribution < 1.29 is 9.53 Å². The van der Waals surface area contributed by atoms with E-state index < -0.39 is 6.04 Å². The molecule has 94 valence electrons. The van der Waals surface area contributed by atoms with Crippen molar-refractivity contribution in [2.24, 2.45) is 5.73 Å². The van der Waals surface area contributed by atoms with Gasteiger partial charge >= 0.3 is 0 Å². The van der Waals surface area contributed by atoms with Gasteiger partial charge in [0.1, 0.15) is 0 Å². The van der Waals surface area contributed by atoms with Crippen LogP contribution in [0.25, 0.3) is 0 Å². The Kier molecular flexibility index (Phi) is 5.66. The van der Waals surface area contributed by atoms with E-state index in [-0.39, 0.29) is 5.91 Å². The summed E-state index contributed by atoms with van der Waals surface area (Å²) in [6, 6.07) is 7.24. The molecule has 0 fully saturated rings. The smallest absolute Gasteiger partial charge is 0.241 e. The minimum Gasteiger partial charge on any atom is -0.384 e. The fourth-order valence-electron chi connectivity index (χ4n) is 1.48. The summed E-state index contributed by atoms with van der Waals surface area (Å²) in [7, 11) is 1.66. The molecule has 4 nitrogen and oxygen atoms in total. The van der Waals surface area contributed by atoms with E-state index in [1.54, 1.807) is 7.11 Å². The van der Waals surface area contributed by atoms with E-state index in [9.17, 15) is 4.79 Å². The van der Waals surface area contributed by atoms with E-state index in [4.69, 9.17) is 10.5 Å². The number of benzene rings is 1. The van der Waals surface area contributed by atoms with Crippen molar-refractivity contribution in [2.45, 2.75) is 25.8 Å². The largest absolute Gasteiger partial charge is 0.384 e. The van der Waals surface area contributed by atoms with Crippen LogP contribution in [0.5, 0.6) is 0 Å². The zero-order chi connectivity index (χ0) is 12.7. The molecule has 0 saturated carbocycles. The number of anilines is 1. The van der Waals surface area contributed by atoms with Crippen molar-refractivity contribution in [3.8, 4) is 0 Å². The molecule has 0 radical (unpaired) electrons. The van der Waals surface area contributed by atoms with Crippen LogP contribution in [0.15, 0.2) is 24.3 Å². The van der Waals surface area contributed by atoms with Gasteiger partial charge in [0.15, 0.2) is 0 Å². The maximum atomic E-state index is 11.7. The molecule has 0 aliphatic heterocycles. The number of para-hydroxylation sites is 1. The van der Waals surface area contributed by atoms with Crippen LogP contribution in [0.1, 0.15) is 18.9 Å². The number of nitrogens with two attached hydrogens (primary N) is 1. The Labute approximate surface area is 102 Å². The van der Waals surface area contributed by atoms with E-state index in [1.165, 1.54) is 0 Å². The summed E-state index contributed by atoms with van der Waals surface area (Å²) in [6.07, 6.45) is 1.40. The fraction of sp³-hybridized carbons (Fsp3) is 0.462. The van der Waals surface area contributed by atoms with Crippen LogP contribution in [-0.4, -0.2) is 25.7 Å². The maximum Gasteiger partial charge on any atom is 0.241 e. The van der Waals surface area contributed by atoms with Crippen molar-refractivity contribution in [2.75, 3.05) is 19.0 Å². The number of carbonyl (C=O) groups excluding carboxylic acids is 1. The summed E-state index contributed by atoms with van der Waals surface area (Å²) in [5.74, 6) is -0.141. The third-order valence-electron chi connectivity index (χ3n) is 2.63. The molecule has 17 heavy (non-hydrogen) atoms. The highest BCUT2D eigenvalue weighted by Gasteiger charge is 2.12. The third kappa shape index (κ3) is 4.17. The number of nitrogens with one attached hydrogen (secondary N) is 1. The molecule has 3 N–H and O–H groups in total. The van der Waals surface area contributed by atoms with Gasteiger partial charge < -0.3 is 15.8 Å². The number of ether oxygens (including phenoxy) is 1. The van der Waals surface area contributed by atoms with E-state index in [2.05, 4.69) is 5.32 Å². The molecule has 0 heterocycles. The highest BCUT2D eigenvalue weighted by atomic mass is 16.5. The van der Waals surface area contributed by atoms with Gasteiger partial charge in [0.2, 0.25) is 5.91 Å². The van der Waals surface area contributed by atoms with Gasteiger partial charge in [-0.3, -0.25) is 4.79 Å². The first-order valence-corrected chi connectivity index (χ1v) is 5.82. The van der Waals surface area contributed by atoms with Gasteiger partial charge in [-0.15, -0.1) is 0 Å². The molecule has 0 saturated heterocycles. The topological polar surface area (TPSA) is 64.4 Å². The Balaban J connectivity index is 2.72. The quantitative estimate of drug-likeness (QED) is 0.787. The molecule has 0 aromatic heterocycles. The monoisotopic (exact) mass is 236 g/mol. The van der Waals surface area contributed by atoms with Crippen LogP contribution in [0.3, 0.4) is 0 Å². The molecular weight excluding hydrogens is 216 g/mol. The van der Waals surface area contributed by atoms with Crippen LogP contribution in [0.4, 0.5) is 5.69 Å². The molecule has 1 amide bonds. The summed E-state index contributed by atoms with van der Waals surface area (Å²) in [6.45, 7) is 2.52. The molecule has 1 aromatic carbocycles. The Morgan fingerprint density at radius 3 is 2.82 bits per heavy atom. The lowest BCUT2D eigenvalue weighted by Gasteiger charge is -2.13. The first kappa shape index (κ1) is 13.7. The predicted octanol–water partition coefficient (Wildman–Crippen LogP) is 1.55. The van der Waals surface area contributed by atoms with Crippen molar-refractivity contribution in [1.29, 1.82) is 0 Å². The molecule has 0 bridgehead atoms. The predicted molar refractivity (Wildman–Crippen MR) is 68.9 cm³/mol. The first-order valence-electron chi connectivity index (χ1n) is 5.82. The van der Waals surface area contributed by atoms with Crippen molar-refractivity contribution >= 4 is 11.6 Å². The summed E-state index contributed by atoms with van der Waals surface area (Å²) in [4.78, 5) is 11.7. The minimum atomic E-state index is -0.453. The number of carbonyl (C=O) groups is 1. The molecule has 0 unspecified atom stereocenters. The van der Waals surface area contributed by atoms with Crippen molar-refractivity contribution in [3.05, 3.63) is 29.8 Å². The van der Waals surface area contributed by atoms with E-state index in [0.717, 1.165) is 17.7 Å². The van der Waals surface area contributed by atoms with Crippen LogP contribution in [-0.2, 0) is 16.0 Å². The Morgan fingerprint density at radius 2 is 2.18 bits per heavy atom. The summed E-state index contributed by atoms with van der Waals surface area (Å²) in [5.41, 5.74) is 7.56. The van der Waals surface area contributed by atoms with Crippen LogP contribution < -0.4 is 11.1 Å². The Morgan fingerprint density at radius 1 is 1.47 bits per heavy atom. The molecule has 1 aromatic rings. The second-order valence-electron chi connectivity index (χ2n) is 3.90. The lowest BCUT2D eigenvalue weighted by atomic mass is 10.1. The molecular formula is C13H20N2O2. The summed E-state index contributed by atoms with van der Waals surface area (Å²) in [5, 5.41) is 2.85. The highest BCUT2D eigenvalue weighted by molar-refractivity contribution is 5.95. The average molecular weight is 236 g/mol. The van der Waals surface area contributed by atoms with Gasteiger partial charge in [-0.1, -0.05) is 25.1 Å². The van der Waals surface area contributed by atoms with E-state index in [1.807, 2.05) is 31.2 Å². The number of hydrogen-bond donors (Lipinski definition) is 2. The van der Waals surface area contributed by atoms with Gasteiger partial charge in [0.05, 0.1) is 12.6 Å². The second-order valence-corrected chi connectivity index (χ2v) is 3.90. The highest BCUT2D eigenvalue weighted by Crippen LogP contribution is 2.16. The molecule has 4 heteroatoms. The zero-order valence-electron chi connectivity index (χ0n) is 10.4. The Bertz CT molecular complexity index is 366. The van der Waals surface area contributed by atoms with Gasteiger partial charge in [-0.25, -0.2) is 0 Å². The van der Waals surface area contributed by atoms with Gasteiger partial charge in [0, 0.05) is 12.8 Å². The van der Waals surface area contributed by atoms with Gasteiger partial charge in [0.25, 0.3) is 0 Å². The number of rotatable bonds is 6. The lowest BCUT2D eigenvalue weighted by Crippen LogP contribution is -2.35. The van der Waals surface area contributed by atoms with Crippen molar-refractivity contribution in [1.82, 2.24) is 0 Å². The van der Waals surface area contributed by atoms with Crippen LogP contribution in [0, 0.1) is 0 Å². The molecule has 1 rings (SSSR count). The SMILES string of the molecule is CC[C@@H](N)C(=O)Nc1ccccc1CCOC. The number of amides is 1. The van der Waals surface area contributed by atoms with Gasteiger partial charge in [-0.05, 0) is 24.5 Å². The number of methoxy groups -OCH3 is 1. The standard InChI is InChI=1S/C13H20N2O2/c1-3-11(14)13(16)15-12-7-5-4-6-10(12)8-9-17-2/h4-7,11H,3,8-9,14H2,1-2H3,(H,15,16)/t11-/m1/s1. The molecule has 0 aliphatic carbocycles. The average Bonchev–Trinajstić information content (AvgIpc) is 2.36. The minimum absolute atomic E-state index is 0.141. The zero-order valence-corrected chi connectivity index (χ0v) is 10.4. The lowest BCUT2D eigenvalue weighted by molar-refractivity contribution is -0.117.